The largest absolute Gasteiger partial charge is 0.355 e. The van der Waals surface area contributed by atoms with E-state index in [2.05, 4.69) is 5.32 Å². The van der Waals surface area contributed by atoms with E-state index in [9.17, 15) is 4.79 Å². The van der Waals surface area contributed by atoms with Crippen molar-refractivity contribution >= 4 is 29.3 Å². The Morgan fingerprint density at radius 1 is 1.44 bits per heavy atom. The first kappa shape index (κ1) is 13.4. The van der Waals surface area contributed by atoms with E-state index in [0.717, 1.165) is 11.3 Å². The maximum absolute atomic E-state index is 11.4. The van der Waals surface area contributed by atoms with Crippen LogP contribution in [-0.2, 0) is 4.79 Å². The molecule has 0 aliphatic heterocycles. The van der Waals surface area contributed by atoms with Gasteiger partial charge in [-0.05, 0) is 25.1 Å². The third-order valence-corrected chi connectivity index (χ3v) is 3.41. The lowest BCUT2D eigenvalue weighted by atomic mass is 10.4. The lowest BCUT2D eigenvalue weighted by molar-refractivity contribution is -0.118. The number of benzene rings is 1. The Bertz CT molecular complexity index is 347. The van der Waals surface area contributed by atoms with E-state index in [4.69, 9.17) is 17.3 Å². The fraction of sp³-hybridized carbons (Fsp3) is 0.364. The van der Waals surface area contributed by atoms with Crippen LogP contribution in [0.3, 0.4) is 0 Å². The van der Waals surface area contributed by atoms with Crippen LogP contribution in [0.25, 0.3) is 0 Å². The highest BCUT2D eigenvalue weighted by molar-refractivity contribution is 8.00. The zero-order valence-electron chi connectivity index (χ0n) is 8.91. The second kappa shape index (κ2) is 7.54. The second-order valence-electron chi connectivity index (χ2n) is 3.21. The molecule has 1 rings (SSSR count). The number of rotatable bonds is 6. The Morgan fingerprint density at radius 2 is 2.19 bits per heavy atom. The van der Waals surface area contributed by atoms with E-state index in [0.29, 0.717) is 23.9 Å². The first-order valence-electron chi connectivity index (χ1n) is 5.08. The Morgan fingerprint density at radius 3 is 2.88 bits per heavy atom. The van der Waals surface area contributed by atoms with Gasteiger partial charge in [0.05, 0.1) is 10.8 Å². The Labute approximate surface area is 105 Å². The summed E-state index contributed by atoms with van der Waals surface area (Å²) in [4.78, 5) is 12.3. The quantitative estimate of drug-likeness (QED) is 0.605. The van der Waals surface area contributed by atoms with Crippen molar-refractivity contribution in [1.29, 1.82) is 0 Å². The summed E-state index contributed by atoms with van der Waals surface area (Å²) >= 11 is 7.40. The summed E-state index contributed by atoms with van der Waals surface area (Å²) in [6, 6.07) is 7.49. The topological polar surface area (TPSA) is 55.1 Å². The van der Waals surface area contributed by atoms with E-state index in [1.54, 1.807) is 0 Å². The summed E-state index contributed by atoms with van der Waals surface area (Å²) in [5.41, 5.74) is 5.33. The zero-order chi connectivity index (χ0) is 11.8. The highest BCUT2D eigenvalue weighted by Crippen LogP contribution is 2.26. The molecule has 0 aliphatic carbocycles. The number of hydrogen-bond donors (Lipinski definition) is 2. The molecule has 0 fully saturated rings. The standard InChI is InChI=1S/C11H15ClN2OS/c12-9-4-1-2-5-10(9)16-8-11(15)14-7-3-6-13/h1-2,4-5H,3,6-8,13H2,(H,14,15). The summed E-state index contributed by atoms with van der Waals surface area (Å²) < 4.78 is 0. The molecule has 0 bridgehead atoms. The third-order valence-electron chi connectivity index (χ3n) is 1.90. The molecule has 0 aromatic heterocycles. The van der Waals surface area contributed by atoms with Crippen LogP contribution >= 0.6 is 23.4 Å². The molecular weight excluding hydrogens is 244 g/mol. The van der Waals surface area contributed by atoms with Crippen LogP contribution in [0.5, 0.6) is 0 Å². The normalized spacial score (nSPS) is 10.1. The van der Waals surface area contributed by atoms with E-state index in [1.165, 1.54) is 11.8 Å². The summed E-state index contributed by atoms with van der Waals surface area (Å²) in [6.07, 6.45) is 0.808. The maximum Gasteiger partial charge on any atom is 0.230 e. The Hall–Kier alpha value is -0.710. The van der Waals surface area contributed by atoms with Crippen LogP contribution in [0.15, 0.2) is 29.2 Å². The SMILES string of the molecule is NCCCNC(=O)CSc1ccccc1Cl. The van der Waals surface area contributed by atoms with E-state index < -0.39 is 0 Å². The molecule has 1 aromatic rings. The minimum atomic E-state index is 0.0124. The number of hydrogen-bond acceptors (Lipinski definition) is 3. The van der Waals surface area contributed by atoms with Crippen LogP contribution in [-0.4, -0.2) is 24.7 Å². The number of thioether (sulfide) groups is 1. The molecule has 0 saturated heterocycles. The smallest absolute Gasteiger partial charge is 0.230 e. The van der Waals surface area contributed by atoms with Gasteiger partial charge < -0.3 is 11.1 Å². The molecule has 0 unspecified atom stereocenters. The van der Waals surface area contributed by atoms with Gasteiger partial charge in [0.15, 0.2) is 0 Å². The van der Waals surface area contributed by atoms with Crippen LogP contribution in [0.4, 0.5) is 0 Å². The minimum absolute atomic E-state index is 0.0124. The Kier molecular flexibility index (Phi) is 6.30. The minimum Gasteiger partial charge on any atom is -0.355 e. The molecule has 1 amide bonds. The molecule has 0 heterocycles. The molecule has 3 nitrogen and oxygen atoms in total. The van der Waals surface area contributed by atoms with E-state index >= 15 is 0 Å². The summed E-state index contributed by atoms with van der Waals surface area (Å²) in [5.74, 6) is 0.396. The number of carbonyl (C=O) groups excluding carboxylic acids is 1. The molecule has 1 aromatic carbocycles. The van der Waals surface area contributed by atoms with Crippen molar-refractivity contribution < 1.29 is 4.79 Å². The van der Waals surface area contributed by atoms with Gasteiger partial charge in [0.2, 0.25) is 5.91 Å². The molecule has 0 aliphatic rings. The molecule has 0 saturated carbocycles. The third kappa shape index (κ3) is 4.88. The predicted octanol–water partition coefficient (Wildman–Crippen LogP) is 1.90. The fourth-order valence-corrected chi connectivity index (χ4v) is 2.15. The molecule has 0 spiro atoms. The van der Waals surface area contributed by atoms with Crippen LogP contribution in [0.1, 0.15) is 6.42 Å². The summed E-state index contributed by atoms with van der Waals surface area (Å²) in [7, 11) is 0. The molecular formula is C11H15ClN2OS. The van der Waals surface area contributed by atoms with Crippen molar-refractivity contribution in [1.82, 2.24) is 5.32 Å². The van der Waals surface area contributed by atoms with Crippen molar-refractivity contribution in [3.8, 4) is 0 Å². The average molecular weight is 259 g/mol. The molecule has 0 atom stereocenters. The number of halogens is 1. The lowest BCUT2D eigenvalue weighted by Gasteiger charge is -2.05. The van der Waals surface area contributed by atoms with Crippen molar-refractivity contribution in [2.45, 2.75) is 11.3 Å². The van der Waals surface area contributed by atoms with E-state index in [-0.39, 0.29) is 5.91 Å². The first-order valence-corrected chi connectivity index (χ1v) is 6.44. The van der Waals surface area contributed by atoms with Gasteiger partial charge in [-0.3, -0.25) is 4.79 Å². The number of nitrogens with two attached hydrogens (primary N) is 1. The predicted molar refractivity (Wildman–Crippen MR) is 68.9 cm³/mol. The maximum atomic E-state index is 11.4. The second-order valence-corrected chi connectivity index (χ2v) is 4.64. The van der Waals surface area contributed by atoms with Gasteiger partial charge in [0.1, 0.15) is 0 Å². The van der Waals surface area contributed by atoms with Gasteiger partial charge in [-0.15, -0.1) is 11.8 Å². The van der Waals surface area contributed by atoms with Gasteiger partial charge >= 0.3 is 0 Å². The fourth-order valence-electron chi connectivity index (χ4n) is 1.09. The Balaban J connectivity index is 2.29. The molecule has 5 heteroatoms. The van der Waals surface area contributed by atoms with Crippen LogP contribution in [0, 0.1) is 0 Å². The first-order chi connectivity index (χ1) is 7.74. The number of nitrogens with one attached hydrogen (secondary N) is 1. The van der Waals surface area contributed by atoms with Gasteiger partial charge in [-0.2, -0.15) is 0 Å². The highest BCUT2D eigenvalue weighted by atomic mass is 35.5. The van der Waals surface area contributed by atoms with Gasteiger partial charge in [0, 0.05) is 11.4 Å². The van der Waals surface area contributed by atoms with Gasteiger partial charge in [-0.1, -0.05) is 23.7 Å². The molecule has 16 heavy (non-hydrogen) atoms. The monoisotopic (exact) mass is 258 g/mol. The van der Waals surface area contributed by atoms with Gasteiger partial charge in [0.25, 0.3) is 0 Å². The van der Waals surface area contributed by atoms with Crippen molar-refractivity contribution in [3.63, 3.8) is 0 Å². The van der Waals surface area contributed by atoms with Crippen molar-refractivity contribution in [3.05, 3.63) is 29.3 Å². The van der Waals surface area contributed by atoms with Crippen molar-refractivity contribution in [2.75, 3.05) is 18.8 Å². The molecule has 3 N–H and O–H groups in total. The lowest BCUT2D eigenvalue weighted by Crippen LogP contribution is -2.27. The van der Waals surface area contributed by atoms with Crippen LogP contribution in [0.2, 0.25) is 5.02 Å². The number of carbonyl (C=O) groups is 1. The number of amides is 1. The van der Waals surface area contributed by atoms with E-state index in [1.807, 2.05) is 24.3 Å². The molecule has 88 valence electrons. The summed E-state index contributed by atoms with van der Waals surface area (Å²) in [5, 5.41) is 3.47. The summed E-state index contributed by atoms with van der Waals surface area (Å²) in [6.45, 7) is 1.23. The molecule has 0 radical (unpaired) electrons. The average Bonchev–Trinajstić information content (AvgIpc) is 2.28. The highest BCUT2D eigenvalue weighted by Gasteiger charge is 2.04. The zero-order valence-corrected chi connectivity index (χ0v) is 10.5. The van der Waals surface area contributed by atoms with Crippen molar-refractivity contribution in [2.24, 2.45) is 5.73 Å². The van der Waals surface area contributed by atoms with Gasteiger partial charge in [-0.25, -0.2) is 0 Å². The van der Waals surface area contributed by atoms with Crippen LogP contribution < -0.4 is 11.1 Å².